The summed E-state index contributed by atoms with van der Waals surface area (Å²) in [5.41, 5.74) is 2.39. The first-order chi connectivity index (χ1) is 9.60. The molecule has 1 saturated heterocycles. The number of nitrogens with zero attached hydrogens (tertiary/aromatic N) is 2. The van der Waals surface area contributed by atoms with Crippen molar-refractivity contribution in [2.45, 2.75) is 25.2 Å². The molecule has 3 rings (SSSR count). The summed E-state index contributed by atoms with van der Waals surface area (Å²) in [7, 11) is 0. The smallest absolute Gasteiger partial charge is 0.0994 e. The van der Waals surface area contributed by atoms with Gasteiger partial charge in [-0.2, -0.15) is 0 Å². The lowest BCUT2D eigenvalue weighted by atomic mass is 9.78. The fraction of sp³-hybridized carbons (Fsp3) is 0.400. The summed E-state index contributed by atoms with van der Waals surface area (Å²) in [5.74, 6) is 0. The number of piperidine rings is 1. The monoisotopic (exact) mass is 309 g/mol. The van der Waals surface area contributed by atoms with Crippen molar-refractivity contribution in [1.29, 1.82) is 0 Å². The molecule has 1 aliphatic heterocycles. The number of aromatic nitrogens is 2. The molecule has 3 nitrogen and oxygen atoms in total. The van der Waals surface area contributed by atoms with E-state index in [-0.39, 0.29) is 5.41 Å². The second kappa shape index (κ2) is 5.40. The van der Waals surface area contributed by atoms with E-state index in [4.69, 9.17) is 23.2 Å². The number of nitrogens with one attached hydrogen (secondary N) is 1. The van der Waals surface area contributed by atoms with E-state index in [2.05, 4.69) is 21.8 Å². The molecule has 1 aromatic heterocycles. The average Bonchev–Trinajstić information content (AvgIpc) is 2.93. The van der Waals surface area contributed by atoms with Crippen LogP contribution < -0.4 is 5.32 Å². The highest BCUT2D eigenvalue weighted by atomic mass is 35.5. The standard InChI is InChI=1S/C15H17Cl2N3/c1-15(4-6-18-7-5-15)14-9-19-10-20(14)11-2-3-12(16)13(17)8-11/h2-3,8-10,18H,4-7H2,1H3. The summed E-state index contributed by atoms with van der Waals surface area (Å²) in [5, 5.41) is 4.55. The predicted octanol–water partition coefficient (Wildman–Crippen LogP) is 3.82. The molecule has 0 saturated carbocycles. The van der Waals surface area contributed by atoms with Gasteiger partial charge in [0.15, 0.2) is 0 Å². The Hall–Kier alpha value is -1.03. The Bertz CT molecular complexity index is 615. The molecule has 5 heteroatoms. The van der Waals surface area contributed by atoms with Crippen LogP contribution in [0.5, 0.6) is 0 Å². The van der Waals surface area contributed by atoms with Gasteiger partial charge in [0, 0.05) is 23.0 Å². The van der Waals surface area contributed by atoms with E-state index >= 15 is 0 Å². The lowest BCUT2D eigenvalue weighted by Gasteiger charge is -2.34. The molecular formula is C15H17Cl2N3. The first kappa shape index (κ1) is 13.9. The van der Waals surface area contributed by atoms with Crippen LogP contribution in [-0.2, 0) is 5.41 Å². The fourth-order valence-corrected chi connectivity index (χ4v) is 3.11. The molecule has 0 bridgehead atoms. The van der Waals surface area contributed by atoms with Crippen LogP contribution in [0.25, 0.3) is 5.69 Å². The van der Waals surface area contributed by atoms with Gasteiger partial charge in [0.2, 0.25) is 0 Å². The van der Waals surface area contributed by atoms with Crippen molar-refractivity contribution in [3.05, 3.63) is 46.5 Å². The Morgan fingerprint density at radius 3 is 2.65 bits per heavy atom. The van der Waals surface area contributed by atoms with Crippen molar-refractivity contribution >= 4 is 23.2 Å². The Kier molecular flexibility index (Phi) is 3.76. The van der Waals surface area contributed by atoms with Crippen LogP contribution in [0.1, 0.15) is 25.5 Å². The zero-order valence-corrected chi connectivity index (χ0v) is 12.9. The maximum absolute atomic E-state index is 6.13. The van der Waals surface area contributed by atoms with Crippen molar-refractivity contribution in [2.75, 3.05) is 13.1 Å². The van der Waals surface area contributed by atoms with Gasteiger partial charge in [0.1, 0.15) is 0 Å². The molecule has 2 aromatic rings. The highest BCUT2D eigenvalue weighted by Crippen LogP contribution is 2.34. The molecule has 106 valence electrons. The summed E-state index contributed by atoms with van der Waals surface area (Å²) in [6, 6.07) is 5.69. The third-order valence-corrected chi connectivity index (χ3v) is 4.88. The predicted molar refractivity (Wildman–Crippen MR) is 83.0 cm³/mol. The molecule has 20 heavy (non-hydrogen) atoms. The van der Waals surface area contributed by atoms with Crippen LogP contribution >= 0.6 is 23.2 Å². The van der Waals surface area contributed by atoms with Crippen LogP contribution in [0, 0.1) is 0 Å². The maximum Gasteiger partial charge on any atom is 0.0994 e. The van der Waals surface area contributed by atoms with E-state index < -0.39 is 0 Å². The number of benzene rings is 1. The van der Waals surface area contributed by atoms with Gasteiger partial charge in [-0.15, -0.1) is 0 Å². The lowest BCUT2D eigenvalue weighted by molar-refractivity contribution is 0.324. The molecular weight excluding hydrogens is 293 g/mol. The first-order valence-electron chi connectivity index (χ1n) is 6.79. The van der Waals surface area contributed by atoms with Crippen LogP contribution in [0.4, 0.5) is 0 Å². The van der Waals surface area contributed by atoms with Crippen molar-refractivity contribution in [3.8, 4) is 5.69 Å². The molecule has 1 aromatic carbocycles. The quantitative estimate of drug-likeness (QED) is 0.914. The van der Waals surface area contributed by atoms with Crippen molar-refractivity contribution in [2.24, 2.45) is 0 Å². The van der Waals surface area contributed by atoms with Gasteiger partial charge in [-0.3, -0.25) is 0 Å². The van der Waals surface area contributed by atoms with Crippen LogP contribution in [0.3, 0.4) is 0 Å². The van der Waals surface area contributed by atoms with Crippen molar-refractivity contribution < 1.29 is 0 Å². The summed E-state index contributed by atoms with van der Waals surface area (Å²) in [6.07, 6.45) is 6.04. The second-order valence-electron chi connectivity index (χ2n) is 5.56. The highest BCUT2D eigenvalue weighted by molar-refractivity contribution is 6.42. The number of imidazole rings is 1. The number of halogens is 2. The number of rotatable bonds is 2. The molecule has 0 amide bonds. The van der Waals surface area contributed by atoms with E-state index in [9.17, 15) is 0 Å². The Morgan fingerprint density at radius 2 is 1.95 bits per heavy atom. The SMILES string of the molecule is CC1(c2cncn2-c2ccc(Cl)c(Cl)c2)CCNCC1. The van der Waals surface area contributed by atoms with Gasteiger partial charge in [0.25, 0.3) is 0 Å². The van der Waals surface area contributed by atoms with Gasteiger partial charge in [-0.1, -0.05) is 30.1 Å². The molecule has 0 unspecified atom stereocenters. The molecule has 0 radical (unpaired) electrons. The Morgan fingerprint density at radius 1 is 1.20 bits per heavy atom. The van der Waals surface area contributed by atoms with Gasteiger partial charge >= 0.3 is 0 Å². The second-order valence-corrected chi connectivity index (χ2v) is 6.37. The van der Waals surface area contributed by atoms with E-state index in [1.54, 1.807) is 0 Å². The fourth-order valence-electron chi connectivity index (χ4n) is 2.82. The average molecular weight is 310 g/mol. The number of hydrogen-bond donors (Lipinski definition) is 1. The topological polar surface area (TPSA) is 29.9 Å². The normalized spacial score (nSPS) is 18.1. The molecule has 0 spiro atoms. The maximum atomic E-state index is 6.13. The molecule has 0 atom stereocenters. The van der Waals surface area contributed by atoms with Crippen molar-refractivity contribution in [1.82, 2.24) is 14.9 Å². The zero-order valence-electron chi connectivity index (χ0n) is 11.4. The van der Waals surface area contributed by atoms with E-state index in [1.165, 1.54) is 5.69 Å². The van der Waals surface area contributed by atoms with Gasteiger partial charge in [-0.05, 0) is 44.1 Å². The summed E-state index contributed by atoms with van der Waals surface area (Å²) >= 11 is 12.1. The van der Waals surface area contributed by atoms with Gasteiger partial charge < -0.3 is 9.88 Å². The third kappa shape index (κ3) is 2.46. The third-order valence-electron chi connectivity index (χ3n) is 4.15. The summed E-state index contributed by atoms with van der Waals surface area (Å²) < 4.78 is 2.12. The molecule has 1 aliphatic rings. The summed E-state index contributed by atoms with van der Waals surface area (Å²) in [4.78, 5) is 4.34. The zero-order chi connectivity index (χ0) is 14.2. The largest absolute Gasteiger partial charge is 0.317 e. The van der Waals surface area contributed by atoms with Crippen molar-refractivity contribution in [3.63, 3.8) is 0 Å². The number of hydrogen-bond acceptors (Lipinski definition) is 2. The van der Waals surface area contributed by atoms with Crippen LogP contribution in [0.15, 0.2) is 30.7 Å². The molecule has 1 N–H and O–H groups in total. The van der Waals surface area contributed by atoms with Gasteiger partial charge in [0.05, 0.1) is 16.4 Å². The van der Waals surface area contributed by atoms with E-state index in [1.807, 2.05) is 30.7 Å². The Balaban J connectivity index is 2.03. The lowest BCUT2D eigenvalue weighted by Crippen LogP contribution is -2.38. The minimum absolute atomic E-state index is 0.147. The Labute approximate surface area is 128 Å². The summed E-state index contributed by atoms with van der Waals surface area (Å²) in [6.45, 7) is 4.39. The van der Waals surface area contributed by atoms with E-state index in [0.29, 0.717) is 10.0 Å². The minimum atomic E-state index is 0.147. The first-order valence-corrected chi connectivity index (χ1v) is 7.55. The highest BCUT2D eigenvalue weighted by Gasteiger charge is 2.32. The van der Waals surface area contributed by atoms with Gasteiger partial charge in [-0.25, -0.2) is 4.98 Å². The van der Waals surface area contributed by atoms with Crippen LogP contribution in [0.2, 0.25) is 10.0 Å². The van der Waals surface area contributed by atoms with E-state index in [0.717, 1.165) is 31.6 Å². The molecule has 2 heterocycles. The molecule has 1 fully saturated rings. The van der Waals surface area contributed by atoms with Crippen LogP contribution in [-0.4, -0.2) is 22.6 Å². The minimum Gasteiger partial charge on any atom is -0.317 e. The molecule has 0 aliphatic carbocycles.